The molecule has 32 heavy (non-hydrogen) atoms. The third kappa shape index (κ3) is 5.92. The van der Waals surface area contributed by atoms with Gasteiger partial charge in [0.05, 0.1) is 5.69 Å². The average molecular weight is 434 g/mol. The second kappa shape index (κ2) is 10.4. The van der Waals surface area contributed by atoms with Crippen molar-refractivity contribution in [2.24, 2.45) is 0 Å². The van der Waals surface area contributed by atoms with Crippen molar-refractivity contribution in [2.45, 2.75) is 39.0 Å². The lowest BCUT2D eigenvalue weighted by atomic mass is 10.1. The van der Waals surface area contributed by atoms with Gasteiger partial charge in [-0.3, -0.25) is 14.7 Å². The van der Waals surface area contributed by atoms with Crippen LogP contribution >= 0.6 is 0 Å². The summed E-state index contributed by atoms with van der Waals surface area (Å²) >= 11 is 0. The maximum Gasteiger partial charge on any atom is 0.251 e. The summed E-state index contributed by atoms with van der Waals surface area (Å²) in [6.45, 7) is 4.81. The van der Waals surface area contributed by atoms with Crippen LogP contribution in [0.1, 0.15) is 40.0 Å². The molecule has 4 rings (SSSR count). The quantitative estimate of drug-likeness (QED) is 0.596. The maximum atomic E-state index is 13.7. The molecule has 2 heterocycles. The number of amides is 1. The van der Waals surface area contributed by atoms with Crippen LogP contribution in [-0.4, -0.2) is 35.0 Å². The number of benzene rings is 2. The minimum atomic E-state index is -0.263. The van der Waals surface area contributed by atoms with Gasteiger partial charge in [-0.2, -0.15) is 0 Å². The molecule has 5 nitrogen and oxygen atoms in total. The molecule has 1 aliphatic heterocycles. The van der Waals surface area contributed by atoms with Crippen LogP contribution in [0.4, 0.5) is 4.39 Å². The fourth-order valence-electron chi connectivity index (χ4n) is 3.81. The van der Waals surface area contributed by atoms with Crippen molar-refractivity contribution in [3.05, 3.63) is 95.1 Å². The summed E-state index contributed by atoms with van der Waals surface area (Å²) in [4.78, 5) is 19.2. The minimum Gasteiger partial charge on any atom is -0.490 e. The van der Waals surface area contributed by atoms with Gasteiger partial charge in [0, 0.05) is 37.9 Å². The molecule has 0 radical (unpaired) electrons. The molecule has 0 unspecified atom stereocenters. The minimum absolute atomic E-state index is 0.172. The molecule has 0 aliphatic carbocycles. The zero-order valence-electron chi connectivity index (χ0n) is 18.3. The van der Waals surface area contributed by atoms with E-state index in [1.807, 2.05) is 36.5 Å². The van der Waals surface area contributed by atoms with E-state index < -0.39 is 0 Å². The number of ether oxygens (including phenoxy) is 1. The highest BCUT2D eigenvalue weighted by Gasteiger charge is 2.21. The highest BCUT2D eigenvalue weighted by atomic mass is 19.1. The van der Waals surface area contributed by atoms with Crippen molar-refractivity contribution in [1.82, 2.24) is 15.2 Å². The van der Waals surface area contributed by atoms with Gasteiger partial charge in [0.2, 0.25) is 0 Å². The van der Waals surface area contributed by atoms with Crippen LogP contribution in [0.25, 0.3) is 0 Å². The molecule has 166 valence electrons. The van der Waals surface area contributed by atoms with Crippen molar-refractivity contribution in [3.8, 4) is 5.75 Å². The molecule has 0 atom stereocenters. The number of piperidine rings is 1. The summed E-state index contributed by atoms with van der Waals surface area (Å²) < 4.78 is 19.8. The summed E-state index contributed by atoms with van der Waals surface area (Å²) in [5, 5.41) is 2.83. The highest BCUT2D eigenvalue weighted by molar-refractivity contribution is 5.94. The van der Waals surface area contributed by atoms with Crippen LogP contribution in [0, 0.1) is 12.7 Å². The highest BCUT2D eigenvalue weighted by Crippen LogP contribution is 2.20. The number of halogens is 1. The first-order valence-corrected chi connectivity index (χ1v) is 11.0. The lowest BCUT2D eigenvalue weighted by Crippen LogP contribution is -2.37. The molecule has 2 aromatic carbocycles. The molecule has 1 aliphatic rings. The first kappa shape index (κ1) is 22.0. The zero-order valence-corrected chi connectivity index (χ0v) is 18.3. The van der Waals surface area contributed by atoms with E-state index in [9.17, 15) is 9.18 Å². The molecule has 1 fully saturated rings. The van der Waals surface area contributed by atoms with E-state index in [2.05, 4.69) is 21.3 Å². The molecule has 0 saturated carbocycles. The fourth-order valence-corrected chi connectivity index (χ4v) is 3.81. The van der Waals surface area contributed by atoms with Crippen LogP contribution in [0.15, 0.2) is 66.9 Å². The second-order valence-corrected chi connectivity index (χ2v) is 8.21. The largest absolute Gasteiger partial charge is 0.490 e. The number of carbonyl (C=O) groups is 1. The Bertz CT molecular complexity index is 1030. The number of nitrogens with one attached hydrogen (secondary N) is 1. The molecule has 0 bridgehead atoms. The summed E-state index contributed by atoms with van der Waals surface area (Å²) in [6, 6.07) is 18.2. The lowest BCUT2D eigenvalue weighted by molar-refractivity contribution is 0.0947. The summed E-state index contributed by atoms with van der Waals surface area (Å²) in [5.41, 5.74) is 2.97. The SMILES string of the molecule is Cc1ccc(CNC(=O)c2ccc(OC3CCN(Cc4ccccn4)CC3)cc2)cc1F. The first-order chi connectivity index (χ1) is 15.6. The summed E-state index contributed by atoms with van der Waals surface area (Å²) in [5.74, 6) is 0.312. The van der Waals surface area contributed by atoms with Crippen LogP contribution in [0.2, 0.25) is 0 Å². The molecule has 1 aromatic heterocycles. The van der Waals surface area contributed by atoms with E-state index in [-0.39, 0.29) is 24.4 Å². The van der Waals surface area contributed by atoms with Crippen molar-refractivity contribution in [1.29, 1.82) is 0 Å². The number of carbonyl (C=O) groups excluding carboxylic acids is 1. The van der Waals surface area contributed by atoms with Crippen LogP contribution < -0.4 is 10.1 Å². The number of rotatable bonds is 7. The molecule has 1 saturated heterocycles. The normalized spacial score (nSPS) is 14.8. The number of nitrogens with zero attached hydrogens (tertiary/aromatic N) is 2. The molecule has 3 aromatic rings. The third-order valence-electron chi connectivity index (χ3n) is 5.75. The number of aromatic nitrogens is 1. The predicted octanol–water partition coefficient (Wildman–Crippen LogP) is 4.50. The Hall–Kier alpha value is -3.25. The molecular weight excluding hydrogens is 405 g/mol. The molecule has 1 amide bonds. The number of likely N-dealkylation sites (tertiary alicyclic amines) is 1. The number of hydrogen-bond donors (Lipinski definition) is 1. The van der Waals surface area contributed by atoms with E-state index in [4.69, 9.17) is 4.74 Å². The zero-order chi connectivity index (χ0) is 22.3. The van der Waals surface area contributed by atoms with Gasteiger partial charge in [0.1, 0.15) is 17.7 Å². The Kier molecular flexibility index (Phi) is 7.12. The van der Waals surface area contributed by atoms with Gasteiger partial charge < -0.3 is 10.1 Å². The van der Waals surface area contributed by atoms with E-state index in [0.717, 1.165) is 49.5 Å². The van der Waals surface area contributed by atoms with Crippen LogP contribution in [-0.2, 0) is 13.1 Å². The van der Waals surface area contributed by atoms with Gasteiger partial charge in [0.15, 0.2) is 0 Å². The van der Waals surface area contributed by atoms with Crippen LogP contribution in [0.5, 0.6) is 5.75 Å². The van der Waals surface area contributed by atoms with Crippen molar-refractivity contribution in [2.75, 3.05) is 13.1 Å². The lowest BCUT2D eigenvalue weighted by Gasteiger charge is -2.31. The van der Waals surface area contributed by atoms with Crippen molar-refractivity contribution in [3.63, 3.8) is 0 Å². The van der Waals surface area contributed by atoms with Gasteiger partial charge in [-0.1, -0.05) is 18.2 Å². The Morgan fingerprint density at radius 1 is 1.12 bits per heavy atom. The summed E-state index contributed by atoms with van der Waals surface area (Å²) in [6.07, 6.45) is 3.92. The standard InChI is InChI=1S/C26H28FN3O2/c1-19-5-6-20(16-25(19)27)17-29-26(31)21-7-9-23(10-8-21)32-24-11-14-30(15-12-24)18-22-4-2-3-13-28-22/h2-10,13,16,24H,11-12,14-15,17-18H2,1H3,(H,29,31). The number of pyridine rings is 1. The molecule has 0 spiro atoms. The van der Waals surface area contributed by atoms with Crippen molar-refractivity contribution < 1.29 is 13.9 Å². The Labute approximate surface area is 188 Å². The molecule has 6 heteroatoms. The van der Waals surface area contributed by atoms with Gasteiger partial charge in [0.25, 0.3) is 5.91 Å². The third-order valence-corrected chi connectivity index (χ3v) is 5.75. The van der Waals surface area contributed by atoms with Gasteiger partial charge in [-0.25, -0.2) is 4.39 Å². The van der Waals surface area contributed by atoms with Crippen LogP contribution in [0.3, 0.4) is 0 Å². The first-order valence-electron chi connectivity index (χ1n) is 11.0. The second-order valence-electron chi connectivity index (χ2n) is 8.21. The average Bonchev–Trinajstić information content (AvgIpc) is 2.82. The molecule has 1 N–H and O–H groups in total. The monoisotopic (exact) mass is 433 g/mol. The Morgan fingerprint density at radius 2 is 1.91 bits per heavy atom. The van der Waals surface area contributed by atoms with Crippen molar-refractivity contribution >= 4 is 5.91 Å². The molecular formula is C26H28FN3O2. The Balaban J connectivity index is 1.23. The predicted molar refractivity (Wildman–Crippen MR) is 122 cm³/mol. The van der Waals surface area contributed by atoms with E-state index in [1.54, 1.807) is 25.1 Å². The van der Waals surface area contributed by atoms with E-state index in [1.165, 1.54) is 6.07 Å². The topological polar surface area (TPSA) is 54.5 Å². The summed E-state index contributed by atoms with van der Waals surface area (Å²) in [7, 11) is 0. The maximum absolute atomic E-state index is 13.7. The van der Waals surface area contributed by atoms with Gasteiger partial charge in [-0.15, -0.1) is 0 Å². The van der Waals surface area contributed by atoms with Gasteiger partial charge in [-0.05, 0) is 73.4 Å². The number of aryl methyl sites for hydroxylation is 1. The van der Waals surface area contributed by atoms with E-state index >= 15 is 0 Å². The smallest absolute Gasteiger partial charge is 0.251 e. The fraction of sp³-hybridized carbons (Fsp3) is 0.308. The number of hydrogen-bond acceptors (Lipinski definition) is 4. The van der Waals surface area contributed by atoms with Gasteiger partial charge >= 0.3 is 0 Å². The Morgan fingerprint density at radius 3 is 2.59 bits per heavy atom. The van der Waals surface area contributed by atoms with E-state index in [0.29, 0.717) is 11.1 Å².